The molecule has 0 rings (SSSR count). The fourth-order valence-electron chi connectivity index (χ4n) is 1.48. The van der Waals surface area contributed by atoms with Gasteiger partial charge in [-0.15, -0.1) is 0 Å². The summed E-state index contributed by atoms with van der Waals surface area (Å²) >= 11 is 0. The van der Waals surface area contributed by atoms with E-state index in [1.165, 1.54) is 0 Å². The number of hydrogen-bond acceptors (Lipinski definition) is 6. The second-order valence-corrected chi connectivity index (χ2v) is 4.21. The Morgan fingerprint density at radius 1 is 1.20 bits per heavy atom. The van der Waals surface area contributed by atoms with Gasteiger partial charge in [0.05, 0.1) is 13.0 Å². The maximum absolute atomic E-state index is 11.5. The molecule has 0 heterocycles. The maximum Gasteiger partial charge on any atom is 0.306 e. The molecule has 0 aliphatic rings. The van der Waals surface area contributed by atoms with Crippen LogP contribution in [0.3, 0.4) is 0 Å². The monoisotopic (exact) mass is 288 g/mol. The van der Waals surface area contributed by atoms with Crippen molar-refractivity contribution in [3.05, 3.63) is 0 Å². The number of nitrogens with two attached hydrogens (primary N) is 1. The number of carbonyl (C=O) groups excluding carboxylic acids is 4. The predicted molar refractivity (Wildman–Crippen MR) is 68.2 cm³/mol. The van der Waals surface area contributed by atoms with Gasteiger partial charge < -0.3 is 20.5 Å². The summed E-state index contributed by atoms with van der Waals surface area (Å²) in [6.07, 6.45) is -0.0602. The number of rotatable bonds is 8. The highest BCUT2D eigenvalue weighted by Gasteiger charge is 2.27. The van der Waals surface area contributed by atoms with Gasteiger partial charge in [0.1, 0.15) is 6.04 Å². The molecule has 0 aromatic heterocycles. The Balaban J connectivity index is 4.48. The van der Waals surface area contributed by atoms with E-state index in [9.17, 15) is 19.2 Å². The van der Waals surface area contributed by atoms with Gasteiger partial charge in [-0.1, -0.05) is 6.92 Å². The minimum atomic E-state index is -1.04. The molecule has 0 aromatic rings. The summed E-state index contributed by atoms with van der Waals surface area (Å²) in [7, 11) is 0. The molecule has 0 saturated heterocycles. The van der Waals surface area contributed by atoms with Crippen molar-refractivity contribution in [2.24, 2.45) is 11.7 Å². The number of primary amides is 1. The van der Waals surface area contributed by atoms with E-state index in [0.29, 0.717) is 0 Å². The van der Waals surface area contributed by atoms with Gasteiger partial charge in [0, 0.05) is 6.92 Å². The van der Waals surface area contributed by atoms with Crippen molar-refractivity contribution in [2.45, 2.75) is 33.2 Å². The molecular weight excluding hydrogens is 268 g/mol. The molecule has 0 spiro atoms. The Kier molecular flexibility index (Phi) is 7.95. The number of amides is 2. The van der Waals surface area contributed by atoms with E-state index in [2.05, 4.69) is 10.1 Å². The van der Waals surface area contributed by atoms with Gasteiger partial charge >= 0.3 is 11.9 Å². The molecule has 0 saturated carbocycles. The zero-order valence-corrected chi connectivity index (χ0v) is 11.8. The third-order valence-corrected chi connectivity index (χ3v) is 2.39. The quantitative estimate of drug-likeness (QED) is 0.558. The van der Waals surface area contributed by atoms with Gasteiger partial charge in [-0.2, -0.15) is 0 Å². The lowest BCUT2D eigenvalue weighted by Gasteiger charge is -2.21. The summed E-state index contributed by atoms with van der Waals surface area (Å²) in [5.41, 5.74) is 5.18. The average Bonchev–Trinajstić information content (AvgIpc) is 2.32. The van der Waals surface area contributed by atoms with E-state index < -0.39 is 42.3 Å². The van der Waals surface area contributed by atoms with E-state index in [1.807, 2.05) is 0 Å². The smallest absolute Gasteiger partial charge is 0.306 e. The molecule has 20 heavy (non-hydrogen) atoms. The second kappa shape index (κ2) is 8.89. The lowest BCUT2D eigenvalue weighted by molar-refractivity contribution is -0.147. The molecule has 0 aromatic carbocycles. The van der Waals surface area contributed by atoms with Crippen LogP contribution in [0.25, 0.3) is 0 Å². The lowest BCUT2D eigenvalue weighted by atomic mass is 9.97. The lowest BCUT2D eigenvalue weighted by Crippen LogP contribution is -2.50. The SMILES string of the molecule is CCOC(=O)C[C@H](C)[C@@H](NC(=O)COC(C)=O)C(N)=O. The molecule has 0 radical (unpaired) electrons. The van der Waals surface area contributed by atoms with Crippen LogP contribution in [-0.2, 0) is 28.7 Å². The van der Waals surface area contributed by atoms with Crippen molar-refractivity contribution >= 4 is 23.8 Å². The Morgan fingerprint density at radius 3 is 2.25 bits per heavy atom. The number of esters is 2. The van der Waals surface area contributed by atoms with E-state index in [0.717, 1.165) is 6.92 Å². The van der Waals surface area contributed by atoms with Gasteiger partial charge in [0.25, 0.3) is 5.91 Å². The summed E-state index contributed by atoms with van der Waals surface area (Å²) in [5.74, 6) is -3.08. The third kappa shape index (κ3) is 7.34. The first kappa shape index (κ1) is 17.9. The molecular formula is C12H20N2O6. The van der Waals surface area contributed by atoms with Crippen LogP contribution in [0.1, 0.15) is 27.2 Å². The molecule has 0 aliphatic heterocycles. The van der Waals surface area contributed by atoms with Crippen LogP contribution in [0.4, 0.5) is 0 Å². The van der Waals surface area contributed by atoms with Gasteiger partial charge in [0.2, 0.25) is 5.91 Å². The Labute approximate surface area is 117 Å². The van der Waals surface area contributed by atoms with E-state index in [1.54, 1.807) is 13.8 Å². The van der Waals surface area contributed by atoms with Crippen molar-refractivity contribution in [1.82, 2.24) is 5.32 Å². The van der Waals surface area contributed by atoms with E-state index in [-0.39, 0.29) is 13.0 Å². The van der Waals surface area contributed by atoms with Gasteiger partial charge in [-0.25, -0.2) is 0 Å². The maximum atomic E-state index is 11.5. The van der Waals surface area contributed by atoms with Crippen molar-refractivity contribution in [3.8, 4) is 0 Å². The molecule has 0 bridgehead atoms. The second-order valence-electron chi connectivity index (χ2n) is 4.21. The molecule has 8 nitrogen and oxygen atoms in total. The minimum Gasteiger partial charge on any atom is -0.466 e. The largest absolute Gasteiger partial charge is 0.466 e. The summed E-state index contributed by atoms with van der Waals surface area (Å²) in [6, 6.07) is -1.04. The van der Waals surface area contributed by atoms with Crippen LogP contribution in [0.2, 0.25) is 0 Å². The van der Waals surface area contributed by atoms with Gasteiger partial charge in [-0.05, 0) is 12.8 Å². The summed E-state index contributed by atoms with van der Waals surface area (Å²) in [5, 5.41) is 2.32. The Morgan fingerprint density at radius 2 is 1.80 bits per heavy atom. The topological polar surface area (TPSA) is 125 Å². The normalized spacial score (nSPS) is 12.9. The van der Waals surface area contributed by atoms with E-state index >= 15 is 0 Å². The Bertz CT molecular complexity index is 382. The van der Waals surface area contributed by atoms with Crippen LogP contribution >= 0.6 is 0 Å². The zero-order valence-electron chi connectivity index (χ0n) is 11.8. The summed E-state index contributed by atoms with van der Waals surface area (Å²) in [4.78, 5) is 44.7. The Hall–Kier alpha value is -2.12. The van der Waals surface area contributed by atoms with Crippen LogP contribution < -0.4 is 11.1 Å². The molecule has 0 fully saturated rings. The first-order valence-corrected chi connectivity index (χ1v) is 6.15. The molecule has 0 unspecified atom stereocenters. The first-order chi connectivity index (χ1) is 9.27. The standard InChI is InChI=1S/C12H20N2O6/c1-4-19-10(17)5-7(2)11(12(13)18)14-9(16)6-20-8(3)15/h7,11H,4-6H2,1-3H3,(H2,13,18)(H,14,16)/t7-,11+/m0/s1. The number of carbonyl (C=O) groups is 4. The van der Waals surface area contributed by atoms with Crippen molar-refractivity contribution in [2.75, 3.05) is 13.2 Å². The molecule has 2 amide bonds. The average molecular weight is 288 g/mol. The predicted octanol–water partition coefficient (Wildman–Crippen LogP) is -0.891. The third-order valence-electron chi connectivity index (χ3n) is 2.39. The van der Waals surface area contributed by atoms with Crippen LogP contribution in [-0.4, -0.2) is 43.0 Å². The van der Waals surface area contributed by atoms with Gasteiger partial charge in [0.15, 0.2) is 6.61 Å². The van der Waals surface area contributed by atoms with Gasteiger partial charge in [-0.3, -0.25) is 19.2 Å². The highest BCUT2D eigenvalue weighted by molar-refractivity contribution is 5.88. The first-order valence-electron chi connectivity index (χ1n) is 6.15. The van der Waals surface area contributed by atoms with Crippen LogP contribution in [0.5, 0.6) is 0 Å². The van der Waals surface area contributed by atoms with Crippen LogP contribution in [0.15, 0.2) is 0 Å². The summed E-state index contributed by atoms with van der Waals surface area (Å²) in [6.45, 7) is 4.12. The van der Waals surface area contributed by atoms with Crippen molar-refractivity contribution in [3.63, 3.8) is 0 Å². The zero-order chi connectivity index (χ0) is 15.7. The van der Waals surface area contributed by atoms with Crippen molar-refractivity contribution < 1.29 is 28.7 Å². The minimum absolute atomic E-state index is 0.0602. The highest BCUT2D eigenvalue weighted by Crippen LogP contribution is 2.09. The van der Waals surface area contributed by atoms with Crippen LogP contribution in [0, 0.1) is 5.92 Å². The molecule has 0 aliphatic carbocycles. The molecule has 114 valence electrons. The molecule has 3 N–H and O–H groups in total. The number of ether oxygens (including phenoxy) is 2. The molecule has 8 heteroatoms. The fourth-order valence-corrected chi connectivity index (χ4v) is 1.48. The fraction of sp³-hybridized carbons (Fsp3) is 0.667. The number of nitrogens with one attached hydrogen (secondary N) is 1. The van der Waals surface area contributed by atoms with Crippen molar-refractivity contribution in [1.29, 1.82) is 0 Å². The summed E-state index contributed by atoms with van der Waals surface area (Å²) < 4.78 is 9.24. The number of hydrogen-bond donors (Lipinski definition) is 2. The molecule has 2 atom stereocenters. The van der Waals surface area contributed by atoms with E-state index in [4.69, 9.17) is 10.5 Å². The highest BCUT2D eigenvalue weighted by atomic mass is 16.5.